The molecule has 3 aromatic rings. The fourth-order valence-electron chi connectivity index (χ4n) is 3.41. The highest BCUT2D eigenvalue weighted by Crippen LogP contribution is 2.26. The maximum atomic E-state index is 14.2. The van der Waals surface area contributed by atoms with E-state index in [-0.39, 0.29) is 11.3 Å². The van der Waals surface area contributed by atoms with E-state index >= 15 is 0 Å². The zero-order chi connectivity index (χ0) is 22.1. The molecule has 0 aliphatic carbocycles. The van der Waals surface area contributed by atoms with Crippen molar-refractivity contribution in [3.63, 3.8) is 0 Å². The van der Waals surface area contributed by atoms with Gasteiger partial charge in [0.1, 0.15) is 17.1 Å². The number of anilines is 1. The molecule has 2 aromatic carbocycles. The lowest BCUT2D eigenvalue weighted by Gasteiger charge is -2.26. The maximum absolute atomic E-state index is 14.2. The summed E-state index contributed by atoms with van der Waals surface area (Å²) in [5, 5.41) is 2.10. The van der Waals surface area contributed by atoms with Crippen molar-refractivity contribution < 1.29 is 23.5 Å². The van der Waals surface area contributed by atoms with Crippen LogP contribution in [0.2, 0.25) is 0 Å². The zero-order valence-corrected chi connectivity index (χ0v) is 16.8. The molecule has 2 heterocycles. The van der Waals surface area contributed by atoms with E-state index in [2.05, 4.69) is 5.32 Å². The summed E-state index contributed by atoms with van der Waals surface area (Å²) in [6.07, 6.45) is 1.38. The first-order chi connectivity index (χ1) is 14.9. The Bertz CT molecular complexity index is 1230. The summed E-state index contributed by atoms with van der Waals surface area (Å²) in [5.74, 6) is -1.81. The molecule has 1 saturated heterocycles. The van der Waals surface area contributed by atoms with Crippen molar-refractivity contribution in [3.8, 4) is 11.4 Å². The Morgan fingerprint density at radius 2 is 1.68 bits per heavy atom. The number of barbiturate groups is 1. The molecule has 156 valence electrons. The number of hydrogen-bond donors (Lipinski definition) is 1. The minimum atomic E-state index is -1.00. The van der Waals surface area contributed by atoms with Gasteiger partial charge in [-0.2, -0.15) is 0 Å². The molecule has 0 unspecified atom stereocenters. The van der Waals surface area contributed by atoms with Crippen LogP contribution in [-0.4, -0.2) is 29.5 Å². The molecule has 4 rings (SSSR count). The van der Waals surface area contributed by atoms with Crippen molar-refractivity contribution in [3.05, 3.63) is 83.4 Å². The van der Waals surface area contributed by atoms with E-state index in [1.165, 1.54) is 24.3 Å². The number of amides is 4. The minimum absolute atomic E-state index is 0.231. The Balaban J connectivity index is 1.78. The van der Waals surface area contributed by atoms with E-state index in [4.69, 9.17) is 4.74 Å². The highest BCUT2D eigenvalue weighted by Gasteiger charge is 2.38. The quantitative estimate of drug-likeness (QED) is 0.518. The van der Waals surface area contributed by atoms with Crippen molar-refractivity contribution in [1.29, 1.82) is 0 Å². The molecular formula is C23H18FN3O4. The second-order valence-corrected chi connectivity index (χ2v) is 6.84. The van der Waals surface area contributed by atoms with Gasteiger partial charge in [-0.15, -0.1) is 0 Å². The predicted octanol–water partition coefficient (Wildman–Crippen LogP) is 3.60. The first-order valence-electron chi connectivity index (χ1n) is 9.39. The fraction of sp³-hybridized carbons (Fsp3) is 0.0870. The number of ether oxygens (including phenoxy) is 1. The number of methoxy groups -OCH3 is 1. The van der Waals surface area contributed by atoms with Crippen LogP contribution < -0.4 is 15.0 Å². The molecule has 31 heavy (non-hydrogen) atoms. The molecule has 1 N–H and O–H groups in total. The number of nitrogens with zero attached hydrogens (tertiary/aromatic N) is 2. The molecule has 0 saturated carbocycles. The average Bonchev–Trinajstić information content (AvgIpc) is 3.12. The second kappa shape index (κ2) is 7.91. The Morgan fingerprint density at radius 1 is 0.968 bits per heavy atom. The first kappa shape index (κ1) is 20.1. The van der Waals surface area contributed by atoms with E-state index in [1.807, 2.05) is 29.7 Å². The van der Waals surface area contributed by atoms with Crippen LogP contribution in [0.15, 0.2) is 66.2 Å². The van der Waals surface area contributed by atoms with E-state index in [0.717, 1.165) is 17.4 Å². The molecule has 1 fully saturated rings. The highest BCUT2D eigenvalue weighted by atomic mass is 19.1. The van der Waals surface area contributed by atoms with Crippen molar-refractivity contribution in [2.45, 2.75) is 6.92 Å². The van der Waals surface area contributed by atoms with Crippen molar-refractivity contribution in [2.24, 2.45) is 0 Å². The number of para-hydroxylation sites is 1. The standard InChI is InChI=1S/C23H18FN3O4/c1-14-7-8-16(26(14)15-9-11-17(31-2)12-10-15)13-18-21(28)25-23(30)27(22(18)29)20-6-4-3-5-19(20)24/h3-13H,1-2H3,(H,25,28,30)/b18-13+. The molecule has 4 amide bonds. The van der Waals surface area contributed by atoms with Gasteiger partial charge in [-0.1, -0.05) is 12.1 Å². The van der Waals surface area contributed by atoms with Crippen LogP contribution in [0.1, 0.15) is 11.4 Å². The molecule has 0 bridgehead atoms. The van der Waals surface area contributed by atoms with Crippen LogP contribution in [0, 0.1) is 12.7 Å². The van der Waals surface area contributed by atoms with Gasteiger partial charge in [-0.25, -0.2) is 14.1 Å². The third-order valence-electron chi connectivity index (χ3n) is 4.92. The Kier molecular flexibility index (Phi) is 5.12. The average molecular weight is 419 g/mol. The van der Waals surface area contributed by atoms with Crippen molar-refractivity contribution in [2.75, 3.05) is 12.0 Å². The van der Waals surface area contributed by atoms with Crippen LogP contribution in [0.4, 0.5) is 14.9 Å². The Labute approximate surface area is 177 Å². The van der Waals surface area contributed by atoms with Gasteiger partial charge in [-0.3, -0.25) is 14.9 Å². The lowest BCUT2D eigenvalue weighted by Crippen LogP contribution is -2.54. The number of carbonyl (C=O) groups excluding carboxylic acids is 3. The smallest absolute Gasteiger partial charge is 0.336 e. The molecule has 1 aromatic heterocycles. The number of imide groups is 2. The van der Waals surface area contributed by atoms with Gasteiger partial charge in [0.15, 0.2) is 0 Å². The summed E-state index contributed by atoms with van der Waals surface area (Å²) in [6, 6.07) is 15.2. The first-order valence-corrected chi connectivity index (χ1v) is 9.39. The molecular weight excluding hydrogens is 401 g/mol. The minimum Gasteiger partial charge on any atom is -0.497 e. The summed E-state index contributed by atoms with van der Waals surface area (Å²) in [6.45, 7) is 1.88. The molecule has 0 radical (unpaired) electrons. The van der Waals surface area contributed by atoms with E-state index in [0.29, 0.717) is 16.3 Å². The fourth-order valence-corrected chi connectivity index (χ4v) is 3.41. The van der Waals surface area contributed by atoms with Gasteiger partial charge in [0.25, 0.3) is 11.8 Å². The number of urea groups is 1. The summed E-state index contributed by atoms with van der Waals surface area (Å²) < 4.78 is 21.3. The second-order valence-electron chi connectivity index (χ2n) is 6.84. The molecule has 8 heteroatoms. The summed E-state index contributed by atoms with van der Waals surface area (Å²) in [7, 11) is 1.57. The third kappa shape index (κ3) is 3.59. The van der Waals surface area contributed by atoms with Gasteiger partial charge in [0.2, 0.25) is 0 Å². The third-order valence-corrected chi connectivity index (χ3v) is 4.92. The monoisotopic (exact) mass is 419 g/mol. The Morgan fingerprint density at radius 3 is 2.35 bits per heavy atom. The summed E-state index contributed by atoms with van der Waals surface area (Å²) in [5.41, 5.74) is 1.69. The van der Waals surface area contributed by atoms with Crippen LogP contribution in [-0.2, 0) is 9.59 Å². The van der Waals surface area contributed by atoms with Crippen molar-refractivity contribution in [1.82, 2.24) is 9.88 Å². The van der Waals surface area contributed by atoms with Gasteiger partial charge < -0.3 is 9.30 Å². The summed E-state index contributed by atoms with van der Waals surface area (Å²) in [4.78, 5) is 38.4. The molecule has 7 nitrogen and oxygen atoms in total. The number of hydrogen-bond acceptors (Lipinski definition) is 4. The van der Waals surface area contributed by atoms with Crippen LogP contribution in [0.5, 0.6) is 5.75 Å². The topological polar surface area (TPSA) is 80.6 Å². The van der Waals surface area contributed by atoms with E-state index in [9.17, 15) is 18.8 Å². The number of aryl methyl sites for hydroxylation is 1. The number of halogens is 1. The summed E-state index contributed by atoms with van der Waals surface area (Å²) >= 11 is 0. The number of aromatic nitrogens is 1. The SMILES string of the molecule is COc1ccc(-n2c(C)ccc2/C=C2\C(=O)NC(=O)N(c3ccccc3F)C2=O)cc1. The van der Waals surface area contributed by atoms with Crippen LogP contribution >= 0.6 is 0 Å². The predicted molar refractivity (Wildman–Crippen MR) is 112 cm³/mol. The number of rotatable bonds is 4. The number of carbonyl (C=O) groups is 3. The van der Waals surface area contributed by atoms with Gasteiger partial charge >= 0.3 is 6.03 Å². The van der Waals surface area contributed by atoms with Crippen LogP contribution in [0.25, 0.3) is 11.8 Å². The maximum Gasteiger partial charge on any atom is 0.336 e. The molecule has 1 aliphatic rings. The molecule has 1 aliphatic heterocycles. The van der Waals surface area contributed by atoms with Crippen molar-refractivity contribution >= 4 is 29.6 Å². The lowest BCUT2D eigenvalue weighted by atomic mass is 10.1. The highest BCUT2D eigenvalue weighted by molar-refractivity contribution is 6.39. The lowest BCUT2D eigenvalue weighted by molar-refractivity contribution is -0.122. The van der Waals surface area contributed by atoms with Gasteiger partial charge in [-0.05, 0) is 61.5 Å². The number of benzene rings is 2. The van der Waals surface area contributed by atoms with E-state index < -0.39 is 23.7 Å². The number of nitrogens with one attached hydrogen (secondary N) is 1. The van der Waals surface area contributed by atoms with E-state index in [1.54, 1.807) is 25.3 Å². The normalized spacial score (nSPS) is 15.4. The van der Waals surface area contributed by atoms with Gasteiger partial charge in [0.05, 0.1) is 12.8 Å². The molecule has 0 atom stereocenters. The Hall–Kier alpha value is -4.20. The zero-order valence-electron chi connectivity index (χ0n) is 16.8. The largest absolute Gasteiger partial charge is 0.497 e. The molecule has 0 spiro atoms. The van der Waals surface area contributed by atoms with Crippen LogP contribution in [0.3, 0.4) is 0 Å². The van der Waals surface area contributed by atoms with Gasteiger partial charge in [0, 0.05) is 17.1 Å².